The Bertz CT molecular complexity index is 1780. The minimum atomic E-state index is -0.880. The lowest BCUT2D eigenvalue weighted by molar-refractivity contribution is -0.136. The summed E-state index contributed by atoms with van der Waals surface area (Å²) < 4.78 is 2.78. The number of aliphatic carboxylic acids is 1. The largest absolute Gasteiger partial charge is 0.481 e. The summed E-state index contributed by atoms with van der Waals surface area (Å²) in [5.41, 5.74) is 6.19. The molecule has 198 valence electrons. The number of aryl methyl sites for hydroxylation is 2. The number of piperazine rings is 1. The second kappa shape index (κ2) is 9.66. The number of carbonyl (C=O) groups excluding carboxylic acids is 1. The van der Waals surface area contributed by atoms with Gasteiger partial charge in [-0.25, -0.2) is 4.98 Å². The molecular formula is C29H26ClN5O3S. The van der Waals surface area contributed by atoms with E-state index < -0.39 is 5.97 Å². The minimum absolute atomic E-state index is 0.0737. The molecule has 39 heavy (non-hydrogen) atoms. The number of thiazole rings is 1. The van der Waals surface area contributed by atoms with Crippen molar-refractivity contribution in [1.29, 1.82) is 0 Å². The Kier molecular flexibility index (Phi) is 6.28. The summed E-state index contributed by atoms with van der Waals surface area (Å²) in [6, 6.07) is 15.6. The van der Waals surface area contributed by atoms with Crippen LogP contribution in [0.4, 0.5) is 5.82 Å². The Morgan fingerprint density at radius 3 is 2.54 bits per heavy atom. The number of aromatic nitrogens is 3. The first-order valence-electron chi connectivity index (χ1n) is 12.6. The van der Waals surface area contributed by atoms with Gasteiger partial charge in [0.05, 0.1) is 28.7 Å². The number of likely N-dealkylation sites (N-methyl/N-ethyl adjacent to an activating group) is 1. The molecule has 0 bridgehead atoms. The first-order chi connectivity index (χ1) is 18.7. The number of carboxylic acid groups (broad SMARTS) is 1. The monoisotopic (exact) mass is 559 g/mol. The molecule has 10 heteroatoms. The Labute approximate surface area is 234 Å². The van der Waals surface area contributed by atoms with Crippen LogP contribution in [0.2, 0.25) is 5.02 Å². The van der Waals surface area contributed by atoms with Crippen LogP contribution in [0.3, 0.4) is 0 Å². The summed E-state index contributed by atoms with van der Waals surface area (Å²) in [4.78, 5) is 32.9. The highest BCUT2D eigenvalue weighted by atomic mass is 35.5. The van der Waals surface area contributed by atoms with E-state index >= 15 is 0 Å². The van der Waals surface area contributed by atoms with Crippen LogP contribution in [0.15, 0.2) is 48.5 Å². The summed E-state index contributed by atoms with van der Waals surface area (Å²) in [6.07, 6.45) is -0.0816. The van der Waals surface area contributed by atoms with Crippen molar-refractivity contribution in [2.24, 2.45) is 7.05 Å². The molecule has 0 aliphatic carbocycles. The van der Waals surface area contributed by atoms with Gasteiger partial charge >= 0.3 is 5.97 Å². The zero-order valence-corrected chi connectivity index (χ0v) is 23.3. The van der Waals surface area contributed by atoms with Crippen LogP contribution < -0.4 is 4.90 Å². The van der Waals surface area contributed by atoms with Gasteiger partial charge in [0.15, 0.2) is 5.82 Å². The number of benzene rings is 3. The lowest BCUT2D eigenvalue weighted by Gasteiger charge is -2.32. The molecule has 3 heterocycles. The molecule has 0 saturated carbocycles. The average Bonchev–Trinajstić information content (AvgIpc) is 3.47. The predicted octanol–water partition coefficient (Wildman–Crippen LogP) is 5.38. The van der Waals surface area contributed by atoms with Gasteiger partial charge in [-0.2, -0.15) is 5.10 Å². The zero-order valence-electron chi connectivity index (χ0n) is 21.7. The Hall–Kier alpha value is -3.95. The summed E-state index contributed by atoms with van der Waals surface area (Å²) in [5, 5.41) is 16.8. The van der Waals surface area contributed by atoms with Crippen LogP contribution in [0.1, 0.15) is 11.1 Å². The van der Waals surface area contributed by atoms with E-state index in [9.17, 15) is 14.7 Å². The van der Waals surface area contributed by atoms with Gasteiger partial charge in [0.2, 0.25) is 5.91 Å². The highest BCUT2D eigenvalue weighted by molar-refractivity contribution is 7.22. The molecule has 1 aliphatic heterocycles. The Morgan fingerprint density at radius 1 is 1.08 bits per heavy atom. The summed E-state index contributed by atoms with van der Waals surface area (Å²) in [5.74, 6) is -0.0163. The maximum Gasteiger partial charge on any atom is 0.307 e. The normalized spacial score (nSPS) is 14.1. The van der Waals surface area contributed by atoms with Crippen molar-refractivity contribution in [1.82, 2.24) is 19.7 Å². The molecule has 0 radical (unpaired) electrons. The van der Waals surface area contributed by atoms with E-state index in [4.69, 9.17) is 21.7 Å². The number of rotatable bonds is 5. The number of nitrogens with zero attached hydrogens (tertiary/aromatic N) is 5. The molecule has 1 fully saturated rings. The molecule has 1 N–H and O–H groups in total. The van der Waals surface area contributed by atoms with Crippen LogP contribution >= 0.6 is 22.9 Å². The van der Waals surface area contributed by atoms with E-state index in [-0.39, 0.29) is 12.3 Å². The molecule has 5 aromatic rings. The van der Waals surface area contributed by atoms with Gasteiger partial charge in [0.1, 0.15) is 5.01 Å². The highest BCUT2D eigenvalue weighted by Crippen LogP contribution is 2.42. The lowest BCUT2D eigenvalue weighted by Crippen LogP contribution is -2.48. The molecule has 1 saturated heterocycles. The molecule has 3 aromatic carbocycles. The molecule has 0 unspecified atom stereocenters. The minimum Gasteiger partial charge on any atom is -0.481 e. The third-order valence-corrected chi connectivity index (χ3v) is 8.70. The quantitative estimate of drug-likeness (QED) is 0.311. The summed E-state index contributed by atoms with van der Waals surface area (Å²) >= 11 is 7.70. The maximum atomic E-state index is 12.4. The van der Waals surface area contributed by atoms with Crippen molar-refractivity contribution >= 4 is 61.8 Å². The average molecular weight is 560 g/mol. The number of halogens is 1. The molecule has 1 amide bonds. The van der Waals surface area contributed by atoms with Gasteiger partial charge in [-0.15, -0.1) is 11.3 Å². The van der Waals surface area contributed by atoms with Gasteiger partial charge in [-0.3, -0.25) is 14.3 Å². The second-order valence-corrected chi connectivity index (χ2v) is 11.3. The molecule has 0 atom stereocenters. The van der Waals surface area contributed by atoms with Gasteiger partial charge < -0.3 is 14.9 Å². The van der Waals surface area contributed by atoms with E-state index in [1.54, 1.807) is 16.2 Å². The van der Waals surface area contributed by atoms with E-state index in [0.29, 0.717) is 18.1 Å². The number of amides is 1. The van der Waals surface area contributed by atoms with Crippen LogP contribution in [-0.2, 0) is 23.1 Å². The van der Waals surface area contributed by atoms with Crippen molar-refractivity contribution in [3.63, 3.8) is 0 Å². The fourth-order valence-corrected chi connectivity index (χ4v) is 6.47. The number of carbonyl (C=O) groups is 2. The number of carboxylic acids is 1. The van der Waals surface area contributed by atoms with Crippen LogP contribution in [0.25, 0.3) is 42.8 Å². The van der Waals surface area contributed by atoms with Crippen molar-refractivity contribution < 1.29 is 14.7 Å². The second-order valence-electron chi connectivity index (χ2n) is 9.91. The van der Waals surface area contributed by atoms with Crippen molar-refractivity contribution in [2.75, 3.05) is 31.6 Å². The first kappa shape index (κ1) is 25.3. The van der Waals surface area contributed by atoms with E-state index in [1.807, 2.05) is 73.1 Å². The van der Waals surface area contributed by atoms with E-state index in [0.717, 1.165) is 66.3 Å². The number of hydrogen-bond acceptors (Lipinski definition) is 6. The van der Waals surface area contributed by atoms with Crippen LogP contribution in [0, 0.1) is 6.92 Å². The van der Waals surface area contributed by atoms with Gasteiger partial charge in [0, 0.05) is 48.7 Å². The van der Waals surface area contributed by atoms with Gasteiger partial charge in [-0.05, 0) is 60.0 Å². The Balaban J connectivity index is 1.50. The molecule has 1 aliphatic rings. The maximum absolute atomic E-state index is 12.4. The third kappa shape index (κ3) is 4.51. The van der Waals surface area contributed by atoms with E-state index in [2.05, 4.69) is 6.07 Å². The van der Waals surface area contributed by atoms with Crippen LogP contribution in [0.5, 0.6) is 0 Å². The zero-order chi connectivity index (χ0) is 27.4. The molecule has 8 nitrogen and oxygen atoms in total. The SMILES string of the molecule is Cc1cc2nc(-c3ccc4c(c3)c(N3CCN(C)C(=O)C3)nn4C)sc2c(-c2ccc(Cl)cc2)c1CC(=O)O. The van der Waals surface area contributed by atoms with Crippen molar-refractivity contribution in [3.05, 3.63) is 64.7 Å². The number of fused-ring (bicyclic) bond motifs is 2. The smallest absolute Gasteiger partial charge is 0.307 e. The molecule has 6 rings (SSSR count). The summed E-state index contributed by atoms with van der Waals surface area (Å²) in [6.45, 7) is 3.60. The topological polar surface area (TPSA) is 91.6 Å². The lowest BCUT2D eigenvalue weighted by atomic mass is 9.93. The molecule has 0 spiro atoms. The fourth-order valence-electron chi connectivity index (χ4n) is 5.21. The van der Waals surface area contributed by atoms with Crippen molar-refractivity contribution in [3.8, 4) is 21.7 Å². The molecule has 2 aromatic heterocycles. The molecular weight excluding hydrogens is 534 g/mol. The van der Waals surface area contributed by atoms with Gasteiger partial charge in [-0.1, -0.05) is 23.7 Å². The van der Waals surface area contributed by atoms with Gasteiger partial charge in [0.25, 0.3) is 0 Å². The highest BCUT2D eigenvalue weighted by Gasteiger charge is 2.25. The first-order valence-corrected chi connectivity index (χ1v) is 13.8. The number of anilines is 1. The predicted molar refractivity (Wildman–Crippen MR) is 156 cm³/mol. The third-order valence-electron chi connectivity index (χ3n) is 7.31. The number of hydrogen-bond donors (Lipinski definition) is 1. The standard InChI is InChI=1S/C29H26ClN5O3S/c1-16-12-22-27(26(20(16)14-25(37)38)17-4-7-19(30)8-5-17)39-29(31-22)18-6-9-23-21(13-18)28(32-34(23)3)35-11-10-33(2)24(36)15-35/h4-9,12-13H,10-11,14-15H2,1-3H3,(H,37,38). The fraction of sp³-hybridized carbons (Fsp3) is 0.241. The van der Waals surface area contributed by atoms with E-state index in [1.165, 1.54) is 0 Å². The summed E-state index contributed by atoms with van der Waals surface area (Å²) in [7, 11) is 3.73. The Morgan fingerprint density at radius 2 is 1.82 bits per heavy atom. The van der Waals surface area contributed by atoms with Crippen LogP contribution in [-0.4, -0.2) is 63.3 Å². The van der Waals surface area contributed by atoms with Crippen molar-refractivity contribution in [2.45, 2.75) is 13.3 Å².